The van der Waals surface area contributed by atoms with E-state index in [1.54, 1.807) is 30.0 Å². The van der Waals surface area contributed by atoms with Gasteiger partial charge in [-0.25, -0.2) is 9.78 Å². The third-order valence-corrected chi connectivity index (χ3v) is 4.97. The van der Waals surface area contributed by atoms with E-state index in [4.69, 9.17) is 0 Å². The van der Waals surface area contributed by atoms with Crippen LogP contribution in [-0.4, -0.2) is 37.7 Å². The number of hydrogen-bond donors (Lipinski definition) is 1. The van der Waals surface area contributed by atoms with E-state index in [2.05, 4.69) is 15.0 Å². The lowest BCUT2D eigenvalue weighted by molar-refractivity contribution is 0.802. The molecule has 0 bridgehead atoms. The van der Waals surface area contributed by atoms with E-state index >= 15 is 0 Å². The fourth-order valence-corrected chi connectivity index (χ4v) is 3.34. The Morgan fingerprint density at radius 3 is 2.70 bits per heavy atom. The van der Waals surface area contributed by atoms with Gasteiger partial charge in [0, 0.05) is 39.0 Å². The maximum absolute atomic E-state index is 12.0. The molecule has 3 aromatic heterocycles. The van der Waals surface area contributed by atoms with Crippen LogP contribution in [0.25, 0.3) is 11.2 Å². The van der Waals surface area contributed by atoms with Crippen LogP contribution in [0.15, 0.2) is 15.1 Å². The number of aromatic amines is 1. The average Bonchev–Trinajstić information content (AvgIpc) is 3.06. The molecule has 122 valence electrons. The molecular weight excluding hydrogens is 316 g/mol. The summed E-state index contributed by atoms with van der Waals surface area (Å²) in [7, 11) is 5.29. The summed E-state index contributed by atoms with van der Waals surface area (Å²) in [4.78, 5) is 38.0. The second-order valence-corrected chi connectivity index (χ2v) is 6.43. The minimum atomic E-state index is -0.463. The van der Waals surface area contributed by atoms with Crippen molar-refractivity contribution in [1.82, 2.24) is 24.1 Å². The normalized spacial score (nSPS) is 11.3. The van der Waals surface area contributed by atoms with Gasteiger partial charge >= 0.3 is 5.69 Å². The topological polar surface area (TPSA) is 88.8 Å². The van der Waals surface area contributed by atoms with Crippen LogP contribution in [0.1, 0.15) is 10.6 Å². The van der Waals surface area contributed by atoms with Crippen LogP contribution in [0.3, 0.4) is 0 Å². The first-order chi connectivity index (χ1) is 10.9. The van der Waals surface area contributed by atoms with Gasteiger partial charge in [0.15, 0.2) is 11.2 Å². The molecule has 0 amide bonds. The molecule has 3 heterocycles. The zero-order valence-electron chi connectivity index (χ0n) is 13.5. The molecule has 3 rings (SSSR count). The number of aryl methyl sites for hydroxylation is 3. The quantitative estimate of drug-likeness (QED) is 0.746. The molecule has 1 N–H and O–H groups in total. The number of rotatable bonds is 4. The summed E-state index contributed by atoms with van der Waals surface area (Å²) in [5.41, 5.74) is 2.79. The van der Waals surface area contributed by atoms with Gasteiger partial charge in [-0.2, -0.15) is 4.98 Å². The number of H-pyrrole nitrogens is 1. The summed E-state index contributed by atoms with van der Waals surface area (Å²) in [5, 5.41) is 0. The monoisotopic (exact) mass is 334 g/mol. The number of nitrogens with one attached hydrogen (secondary N) is 1. The predicted octanol–water partition coefficient (Wildman–Crippen LogP) is 0.404. The largest absolute Gasteiger partial charge is 0.345 e. The summed E-state index contributed by atoms with van der Waals surface area (Å²) in [6.07, 6.45) is 0.853. The Labute approximate surface area is 136 Å². The number of thiazole rings is 1. The standard InChI is InChI=1S/C14H18N6O2S/c1-8-9(23-7-15-8)5-6-18(2)13-16-11-10(19(13)3)12(21)17-14(22)20(11)4/h7H,5-6H2,1-4H3,(H,17,21,22). The highest BCUT2D eigenvalue weighted by Gasteiger charge is 2.17. The Kier molecular flexibility index (Phi) is 3.80. The van der Waals surface area contributed by atoms with Crippen LogP contribution in [0.5, 0.6) is 0 Å². The van der Waals surface area contributed by atoms with Gasteiger partial charge in [-0.05, 0) is 6.92 Å². The maximum atomic E-state index is 12.0. The van der Waals surface area contributed by atoms with Crippen molar-refractivity contribution in [3.8, 4) is 0 Å². The van der Waals surface area contributed by atoms with Gasteiger partial charge < -0.3 is 9.47 Å². The van der Waals surface area contributed by atoms with Crippen LogP contribution >= 0.6 is 11.3 Å². The fraction of sp³-hybridized carbons (Fsp3) is 0.429. The van der Waals surface area contributed by atoms with E-state index < -0.39 is 11.2 Å². The molecule has 0 saturated heterocycles. The molecule has 3 aromatic rings. The molecule has 0 aliphatic carbocycles. The fourth-order valence-electron chi connectivity index (χ4n) is 2.57. The van der Waals surface area contributed by atoms with Crippen molar-refractivity contribution in [3.63, 3.8) is 0 Å². The number of anilines is 1. The molecule has 0 unspecified atom stereocenters. The van der Waals surface area contributed by atoms with Crippen molar-refractivity contribution >= 4 is 28.4 Å². The van der Waals surface area contributed by atoms with E-state index in [0.29, 0.717) is 17.1 Å². The Balaban J connectivity index is 1.96. The van der Waals surface area contributed by atoms with E-state index in [0.717, 1.165) is 18.7 Å². The molecule has 9 heteroatoms. The number of aromatic nitrogens is 5. The van der Waals surface area contributed by atoms with Crippen molar-refractivity contribution in [1.29, 1.82) is 0 Å². The molecule has 0 radical (unpaired) electrons. The summed E-state index contributed by atoms with van der Waals surface area (Å²) in [6.45, 7) is 2.74. The van der Waals surface area contributed by atoms with Gasteiger partial charge in [0.05, 0.1) is 11.2 Å². The summed E-state index contributed by atoms with van der Waals surface area (Å²) in [6, 6.07) is 0. The number of fused-ring (bicyclic) bond motifs is 1. The van der Waals surface area contributed by atoms with Gasteiger partial charge in [0.2, 0.25) is 5.95 Å². The number of imidazole rings is 1. The van der Waals surface area contributed by atoms with Crippen molar-refractivity contribution in [3.05, 3.63) is 36.9 Å². The number of nitrogens with zero attached hydrogens (tertiary/aromatic N) is 5. The van der Waals surface area contributed by atoms with Gasteiger partial charge in [0.1, 0.15) is 0 Å². The van der Waals surface area contributed by atoms with E-state index in [1.165, 1.54) is 9.44 Å². The summed E-state index contributed by atoms with van der Waals surface area (Å²) < 4.78 is 3.06. The third kappa shape index (κ3) is 2.56. The first-order valence-corrected chi connectivity index (χ1v) is 8.04. The molecular formula is C14H18N6O2S. The van der Waals surface area contributed by atoms with E-state index in [-0.39, 0.29) is 0 Å². The highest BCUT2D eigenvalue weighted by atomic mass is 32.1. The van der Waals surface area contributed by atoms with Gasteiger partial charge in [0.25, 0.3) is 5.56 Å². The van der Waals surface area contributed by atoms with E-state index in [1.807, 2.05) is 24.4 Å². The van der Waals surface area contributed by atoms with Gasteiger partial charge in [-0.1, -0.05) is 0 Å². The second kappa shape index (κ2) is 5.65. The Morgan fingerprint density at radius 1 is 1.30 bits per heavy atom. The third-order valence-electron chi connectivity index (χ3n) is 3.97. The SMILES string of the molecule is Cc1ncsc1CCN(C)c1nc2c(c(=O)[nH]c(=O)n2C)n1C. The molecule has 23 heavy (non-hydrogen) atoms. The second-order valence-electron chi connectivity index (χ2n) is 5.49. The summed E-state index contributed by atoms with van der Waals surface area (Å²) in [5.74, 6) is 0.647. The lowest BCUT2D eigenvalue weighted by atomic mass is 10.3. The molecule has 8 nitrogen and oxygen atoms in total. The Hall–Kier alpha value is -2.42. The first-order valence-electron chi connectivity index (χ1n) is 7.16. The van der Waals surface area contributed by atoms with Gasteiger partial charge in [-0.15, -0.1) is 11.3 Å². The number of likely N-dealkylation sites (N-methyl/N-ethyl adjacent to an activating group) is 1. The average molecular weight is 334 g/mol. The van der Waals surface area contributed by atoms with Crippen molar-refractivity contribution in [2.75, 3.05) is 18.5 Å². The lowest BCUT2D eigenvalue weighted by Gasteiger charge is -2.17. The van der Waals surface area contributed by atoms with Crippen LogP contribution in [0.2, 0.25) is 0 Å². The first kappa shape index (κ1) is 15.5. The Bertz CT molecular complexity index is 979. The molecule has 0 fully saturated rings. The van der Waals surface area contributed by atoms with Crippen LogP contribution in [-0.2, 0) is 20.5 Å². The molecule has 0 saturated carbocycles. The molecule has 0 aliphatic rings. The van der Waals surface area contributed by atoms with E-state index in [9.17, 15) is 9.59 Å². The highest BCUT2D eigenvalue weighted by Crippen LogP contribution is 2.18. The minimum Gasteiger partial charge on any atom is -0.345 e. The van der Waals surface area contributed by atoms with Crippen LogP contribution in [0, 0.1) is 6.92 Å². The molecule has 0 atom stereocenters. The molecule has 0 spiro atoms. The summed E-state index contributed by atoms with van der Waals surface area (Å²) >= 11 is 1.64. The number of hydrogen-bond acceptors (Lipinski definition) is 6. The van der Waals surface area contributed by atoms with Crippen molar-refractivity contribution < 1.29 is 0 Å². The zero-order valence-corrected chi connectivity index (χ0v) is 14.3. The lowest BCUT2D eigenvalue weighted by Crippen LogP contribution is -2.29. The van der Waals surface area contributed by atoms with Crippen LogP contribution < -0.4 is 16.1 Å². The zero-order chi connectivity index (χ0) is 16.7. The molecule has 0 aromatic carbocycles. The van der Waals surface area contributed by atoms with Crippen LogP contribution in [0.4, 0.5) is 5.95 Å². The van der Waals surface area contributed by atoms with Gasteiger partial charge in [-0.3, -0.25) is 14.3 Å². The maximum Gasteiger partial charge on any atom is 0.329 e. The Morgan fingerprint density at radius 2 is 2.04 bits per heavy atom. The van der Waals surface area contributed by atoms with Crippen molar-refractivity contribution in [2.45, 2.75) is 13.3 Å². The molecule has 0 aliphatic heterocycles. The smallest absolute Gasteiger partial charge is 0.329 e. The highest BCUT2D eigenvalue weighted by molar-refractivity contribution is 7.09. The predicted molar refractivity (Wildman–Crippen MR) is 90.4 cm³/mol. The minimum absolute atomic E-state index is 0.386. The van der Waals surface area contributed by atoms with Crippen molar-refractivity contribution in [2.24, 2.45) is 14.1 Å².